The second-order valence-corrected chi connectivity index (χ2v) is 5.98. The van der Waals surface area contributed by atoms with Gasteiger partial charge in [-0.25, -0.2) is 0 Å². The summed E-state index contributed by atoms with van der Waals surface area (Å²) in [7, 11) is 2.13. The van der Waals surface area contributed by atoms with E-state index in [1.165, 1.54) is 35.0 Å². The topological polar surface area (TPSA) is 17.0 Å². The largest absolute Gasteiger partial charge is 0.348 e. The average molecular weight is 263 g/mol. The zero-order valence-corrected chi connectivity index (χ0v) is 11.9. The van der Waals surface area contributed by atoms with Crippen LogP contribution in [0.1, 0.15) is 31.0 Å². The molecule has 2 aromatic rings. The first-order chi connectivity index (χ1) is 8.53. The van der Waals surface area contributed by atoms with Gasteiger partial charge in [0.25, 0.3) is 0 Å². The number of halogens is 1. The van der Waals surface area contributed by atoms with Crippen LogP contribution in [0, 0.1) is 6.92 Å². The zero-order chi connectivity index (χ0) is 12.9. The highest BCUT2D eigenvalue weighted by Crippen LogP contribution is 2.39. The molecular weight excluding hydrogens is 244 g/mol. The molecule has 96 valence electrons. The molecule has 3 rings (SSSR count). The molecule has 3 heteroatoms. The second-order valence-electron chi connectivity index (χ2n) is 5.54. The quantitative estimate of drug-likeness (QED) is 0.829. The highest BCUT2D eigenvalue weighted by atomic mass is 35.5. The molecule has 0 aliphatic carbocycles. The summed E-state index contributed by atoms with van der Waals surface area (Å²) < 4.78 is 2.27. The van der Waals surface area contributed by atoms with Gasteiger partial charge in [0.05, 0.1) is 0 Å². The minimum absolute atomic E-state index is 0.0915. The van der Waals surface area contributed by atoms with E-state index >= 15 is 0 Å². The lowest BCUT2D eigenvalue weighted by molar-refractivity contribution is 0.434. The maximum Gasteiger partial charge on any atom is 0.0484 e. The third kappa shape index (κ3) is 1.59. The van der Waals surface area contributed by atoms with Crippen molar-refractivity contribution in [2.75, 3.05) is 6.54 Å². The molecule has 18 heavy (non-hydrogen) atoms. The molecular formula is C15H19ClN2. The van der Waals surface area contributed by atoms with Crippen molar-refractivity contribution in [3.63, 3.8) is 0 Å². The van der Waals surface area contributed by atoms with Gasteiger partial charge in [-0.2, -0.15) is 0 Å². The lowest BCUT2D eigenvalue weighted by Crippen LogP contribution is -2.33. The number of rotatable bonds is 1. The van der Waals surface area contributed by atoms with E-state index in [1.807, 2.05) is 6.07 Å². The molecule has 0 bridgehead atoms. The van der Waals surface area contributed by atoms with E-state index in [9.17, 15) is 0 Å². The molecule has 0 saturated carbocycles. The molecule has 2 heterocycles. The van der Waals surface area contributed by atoms with Crippen LogP contribution in [0.4, 0.5) is 0 Å². The summed E-state index contributed by atoms with van der Waals surface area (Å²) in [5.74, 6) is 0. The first-order valence-corrected chi connectivity index (χ1v) is 6.91. The minimum atomic E-state index is 0.0915. The number of nitrogens with one attached hydrogen (secondary N) is 1. The van der Waals surface area contributed by atoms with Gasteiger partial charge < -0.3 is 9.88 Å². The van der Waals surface area contributed by atoms with Gasteiger partial charge in [0.2, 0.25) is 0 Å². The number of aryl methyl sites for hydroxylation is 1. The molecule has 1 unspecified atom stereocenters. The van der Waals surface area contributed by atoms with Gasteiger partial charge in [-0.1, -0.05) is 11.6 Å². The van der Waals surface area contributed by atoms with Gasteiger partial charge in [0.15, 0.2) is 0 Å². The Hall–Kier alpha value is -0.990. The molecule has 1 fully saturated rings. The number of fused-ring (bicyclic) bond motifs is 1. The van der Waals surface area contributed by atoms with Crippen LogP contribution in [0.3, 0.4) is 0 Å². The zero-order valence-electron chi connectivity index (χ0n) is 11.2. The van der Waals surface area contributed by atoms with E-state index in [-0.39, 0.29) is 5.54 Å². The summed E-state index contributed by atoms with van der Waals surface area (Å²) >= 11 is 6.17. The Bertz CT molecular complexity index is 606. The summed E-state index contributed by atoms with van der Waals surface area (Å²) in [4.78, 5) is 0. The number of aromatic nitrogens is 1. The van der Waals surface area contributed by atoms with Crippen molar-refractivity contribution in [3.05, 3.63) is 34.5 Å². The van der Waals surface area contributed by atoms with Crippen molar-refractivity contribution in [1.29, 1.82) is 0 Å². The number of nitrogens with zero attached hydrogens (tertiary/aromatic N) is 1. The van der Waals surface area contributed by atoms with E-state index in [4.69, 9.17) is 11.6 Å². The van der Waals surface area contributed by atoms with Gasteiger partial charge in [-0.05, 0) is 51.4 Å². The molecule has 1 aliphatic heterocycles. The van der Waals surface area contributed by atoms with Crippen LogP contribution in [0.2, 0.25) is 5.02 Å². The van der Waals surface area contributed by atoms with Crippen LogP contribution in [0.15, 0.2) is 18.2 Å². The Kier molecular flexibility index (Phi) is 2.68. The molecule has 1 atom stereocenters. The third-order valence-electron chi connectivity index (χ3n) is 4.37. The van der Waals surface area contributed by atoms with E-state index < -0.39 is 0 Å². The Balaban J connectivity index is 2.34. The Morgan fingerprint density at radius 1 is 1.39 bits per heavy atom. The van der Waals surface area contributed by atoms with Gasteiger partial charge in [0, 0.05) is 39.8 Å². The maximum atomic E-state index is 6.17. The third-order valence-corrected chi connectivity index (χ3v) is 4.61. The second kappa shape index (κ2) is 4.01. The molecule has 2 nitrogen and oxygen atoms in total. The fourth-order valence-electron chi connectivity index (χ4n) is 3.35. The van der Waals surface area contributed by atoms with E-state index in [2.05, 4.69) is 42.9 Å². The van der Waals surface area contributed by atoms with E-state index in [0.29, 0.717) is 0 Å². The van der Waals surface area contributed by atoms with Crippen LogP contribution in [-0.2, 0) is 12.6 Å². The monoisotopic (exact) mass is 262 g/mol. The fraction of sp³-hybridized carbons (Fsp3) is 0.467. The summed E-state index contributed by atoms with van der Waals surface area (Å²) in [5.41, 5.74) is 4.11. The molecule has 1 saturated heterocycles. The summed E-state index contributed by atoms with van der Waals surface area (Å²) in [6.07, 6.45) is 2.44. The predicted octanol–water partition coefficient (Wildman–Crippen LogP) is 3.74. The van der Waals surface area contributed by atoms with Crippen molar-refractivity contribution >= 4 is 22.5 Å². The van der Waals surface area contributed by atoms with E-state index in [1.54, 1.807) is 0 Å². The van der Waals surface area contributed by atoms with Crippen molar-refractivity contribution in [2.24, 2.45) is 7.05 Å². The van der Waals surface area contributed by atoms with Crippen LogP contribution < -0.4 is 5.32 Å². The lowest BCUT2D eigenvalue weighted by Gasteiger charge is -2.25. The van der Waals surface area contributed by atoms with E-state index in [0.717, 1.165) is 11.6 Å². The molecule has 1 aromatic carbocycles. The van der Waals surface area contributed by atoms with Crippen molar-refractivity contribution in [2.45, 2.75) is 32.2 Å². The van der Waals surface area contributed by atoms with Crippen LogP contribution in [0.5, 0.6) is 0 Å². The highest BCUT2D eigenvalue weighted by molar-refractivity contribution is 6.31. The fourth-order valence-corrected chi connectivity index (χ4v) is 3.52. The molecule has 1 N–H and O–H groups in total. The van der Waals surface area contributed by atoms with Gasteiger partial charge in [0.1, 0.15) is 0 Å². The molecule has 0 amide bonds. The summed E-state index contributed by atoms with van der Waals surface area (Å²) in [6, 6.07) is 6.19. The maximum absolute atomic E-state index is 6.17. The molecule has 0 radical (unpaired) electrons. The molecule has 1 aliphatic rings. The normalized spacial score (nSPS) is 24.0. The Labute approximate surface area is 113 Å². The predicted molar refractivity (Wildman–Crippen MR) is 77.3 cm³/mol. The van der Waals surface area contributed by atoms with Gasteiger partial charge in [-0.15, -0.1) is 0 Å². The van der Waals surface area contributed by atoms with Gasteiger partial charge >= 0.3 is 0 Å². The van der Waals surface area contributed by atoms with Crippen molar-refractivity contribution in [1.82, 2.24) is 9.88 Å². The standard InChI is InChI=1S/C15H19ClN2/c1-10-14(15(2)7-4-8-17-15)12-9-11(16)5-6-13(12)18(10)3/h5-6,9,17H,4,7-8H2,1-3H3. The highest BCUT2D eigenvalue weighted by Gasteiger charge is 2.34. The smallest absolute Gasteiger partial charge is 0.0484 e. The molecule has 0 spiro atoms. The van der Waals surface area contributed by atoms with Crippen LogP contribution in [-0.4, -0.2) is 11.1 Å². The number of hydrogen-bond donors (Lipinski definition) is 1. The van der Waals surface area contributed by atoms with Crippen molar-refractivity contribution < 1.29 is 0 Å². The summed E-state index contributed by atoms with van der Waals surface area (Å²) in [5, 5.41) is 5.77. The lowest BCUT2D eigenvalue weighted by atomic mass is 9.88. The Morgan fingerprint density at radius 2 is 2.17 bits per heavy atom. The first-order valence-electron chi connectivity index (χ1n) is 6.53. The van der Waals surface area contributed by atoms with Gasteiger partial charge in [-0.3, -0.25) is 0 Å². The molecule has 1 aromatic heterocycles. The van der Waals surface area contributed by atoms with Crippen LogP contribution >= 0.6 is 11.6 Å². The minimum Gasteiger partial charge on any atom is -0.348 e. The number of benzene rings is 1. The average Bonchev–Trinajstić information content (AvgIpc) is 2.85. The Morgan fingerprint density at radius 3 is 2.83 bits per heavy atom. The summed E-state index contributed by atoms with van der Waals surface area (Å²) in [6.45, 7) is 5.62. The number of hydrogen-bond acceptors (Lipinski definition) is 1. The first kappa shape index (κ1) is 12.1. The van der Waals surface area contributed by atoms with Crippen molar-refractivity contribution in [3.8, 4) is 0 Å². The van der Waals surface area contributed by atoms with Crippen LogP contribution in [0.25, 0.3) is 10.9 Å². The SMILES string of the molecule is Cc1c(C2(C)CCCN2)c2cc(Cl)ccc2n1C.